The number of rotatable bonds is 5. The fourth-order valence-electron chi connectivity index (χ4n) is 2.62. The van der Waals surface area contributed by atoms with Crippen LogP contribution in [0.4, 0.5) is 11.4 Å². The first-order valence-corrected chi connectivity index (χ1v) is 7.40. The minimum atomic E-state index is -0.372. The number of piperidine rings is 1. The topological polar surface area (TPSA) is 81.6 Å². The molecule has 21 heavy (non-hydrogen) atoms. The van der Waals surface area contributed by atoms with Crippen molar-refractivity contribution in [2.24, 2.45) is 11.7 Å². The molecule has 0 unspecified atom stereocenters. The van der Waals surface area contributed by atoms with E-state index in [1.807, 2.05) is 19.9 Å². The van der Waals surface area contributed by atoms with Gasteiger partial charge in [-0.1, -0.05) is 0 Å². The first kappa shape index (κ1) is 15.6. The number of nitrogens with two attached hydrogens (primary N) is 1. The number of non-ortho nitro benzene ring substituents is 1. The lowest BCUT2D eigenvalue weighted by atomic mass is 9.96. The van der Waals surface area contributed by atoms with Gasteiger partial charge < -0.3 is 15.4 Å². The van der Waals surface area contributed by atoms with Crippen LogP contribution in [0.15, 0.2) is 18.2 Å². The van der Waals surface area contributed by atoms with Gasteiger partial charge in [0.1, 0.15) is 5.75 Å². The molecule has 1 heterocycles. The van der Waals surface area contributed by atoms with Crippen molar-refractivity contribution in [2.45, 2.75) is 32.8 Å². The second-order valence-electron chi connectivity index (χ2n) is 5.77. The Morgan fingerprint density at radius 3 is 2.57 bits per heavy atom. The molecule has 6 heteroatoms. The maximum absolute atomic E-state index is 11.1. The molecule has 1 fully saturated rings. The van der Waals surface area contributed by atoms with Crippen molar-refractivity contribution < 1.29 is 9.66 Å². The SMILES string of the molecule is CC(C)Oc1cc(N2CCC(CN)CC2)cc([N+](=O)[O-])c1. The number of ether oxygens (including phenoxy) is 1. The lowest BCUT2D eigenvalue weighted by Gasteiger charge is -2.33. The van der Waals surface area contributed by atoms with E-state index < -0.39 is 0 Å². The highest BCUT2D eigenvalue weighted by atomic mass is 16.6. The zero-order valence-corrected chi connectivity index (χ0v) is 12.6. The fraction of sp³-hybridized carbons (Fsp3) is 0.600. The average Bonchev–Trinajstić information content (AvgIpc) is 2.46. The van der Waals surface area contributed by atoms with E-state index in [2.05, 4.69) is 4.90 Å². The summed E-state index contributed by atoms with van der Waals surface area (Å²) in [5.41, 5.74) is 6.63. The van der Waals surface area contributed by atoms with Crippen LogP contribution in [-0.2, 0) is 0 Å². The standard InChI is InChI=1S/C15H23N3O3/c1-11(2)21-15-8-13(7-14(9-15)18(19)20)17-5-3-12(10-16)4-6-17/h7-9,11-12H,3-6,10,16H2,1-2H3. The Hall–Kier alpha value is -1.82. The van der Waals surface area contributed by atoms with Gasteiger partial charge in [-0.05, 0) is 39.2 Å². The first-order valence-electron chi connectivity index (χ1n) is 7.40. The predicted octanol–water partition coefficient (Wildman–Crippen LogP) is 2.56. The molecule has 0 radical (unpaired) electrons. The molecule has 116 valence electrons. The Balaban J connectivity index is 2.21. The molecule has 0 amide bonds. The van der Waals surface area contributed by atoms with Crippen LogP contribution in [0.25, 0.3) is 0 Å². The lowest BCUT2D eigenvalue weighted by Crippen LogP contribution is -2.36. The largest absolute Gasteiger partial charge is 0.491 e. The summed E-state index contributed by atoms with van der Waals surface area (Å²) in [7, 11) is 0. The van der Waals surface area contributed by atoms with Crippen LogP contribution >= 0.6 is 0 Å². The lowest BCUT2D eigenvalue weighted by molar-refractivity contribution is -0.384. The van der Waals surface area contributed by atoms with Crippen LogP contribution in [0.3, 0.4) is 0 Å². The number of nitro groups is 1. The molecule has 1 aromatic rings. The number of anilines is 1. The van der Waals surface area contributed by atoms with Crippen molar-refractivity contribution >= 4 is 11.4 Å². The summed E-state index contributed by atoms with van der Waals surface area (Å²) < 4.78 is 5.63. The van der Waals surface area contributed by atoms with Crippen molar-refractivity contribution in [3.63, 3.8) is 0 Å². The monoisotopic (exact) mass is 293 g/mol. The molecule has 1 aliphatic rings. The number of nitro benzene ring substituents is 1. The van der Waals surface area contributed by atoms with E-state index >= 15 is 0 Å². The van der Waals surface area contributed by atoms with Gasteiger partial charge in [0.05, 0.1) is 17.1 Å². The normalized spacial score (nSPS) is 16.3. The van der Waals surface area contributed by atoms with Gasteiger partial charge in [-0.15, -0.1) is 0 Å². The Kier molecular flexibility index (Phi) is 5.01. The third-order valence-corrected chi connectivity index (χ3v) is 3.77. The molecule has 1 aliphatic heterocycles. The minimum Gasteiger partial charge on any atom is -0.491 e. The maximum atomic E-state index is 11.1. The van der Waals surface area contributed by atoms with Gasteiger partial charge in [0.2, 0.25) is 0 Å². The molecule has 0 aliphatic carbocycles. The highest BCUT2D eigenvalue weighted by Crippen LogP contribution is 2.31. The molecular formula is C15H23N3O3. The Labute approximate surface area is 125 Å². The van der Waals surface area contributed by atoms with Crippen LogP contribution in [0, 0.1) is 16.0 Å². The molecule has 2 N–H and O–H groups in total. The first-order chi connectivity index (χ1) is 9.99. The maximum Gasteiger partial charge on any atom is 0.275 e. The Morgan fingerprint density at radius 1 is 1.38 bits per heavy atom. The fourth-order valence-corrected chi connectivity index (χ4v) is 2.62. The van der Waals surface area contributed by atoms with Gasteiger partial charge in [0, 0.05) is 30.9 Å². The van der Waals surface area contributed by atoms with Gasteiger partial charge in [-0.2, -0.15) is 0 Å². The van der Waals surface area contributed by atoms with Crippen molar-refractivity contribution in [3.05, 3.63) is 28.3 Å². The molecule has 1 aromatic carbocycles. The van der Waals surface area contributed by atoms with E-state index in [1.165, 1.54) is 6.07 Å². The van der Waals surface area contributed by atoms with Crippen LogP contribution < -0.4 is 15.4 Å². The molecular weight excluding hydrogens is 270 g/mol. The predicted molar refractivity (Wildman–Crippen MR) is 82.9 cm³/mol. The van der Waals surface area contributed by atoms with Gasteiger partial charge in [-0.25, -0.2) is 0 Å². The summed E-state index contributed by atoms with van der Waals surface area (Å²) in [6.07, 6.45) is 2.04. The van der Waals surface area contributed by atoms with E-state index in [0.29, 0.717) is 18.2 Å². The molecule has 0 saturated carbocycles. The smallest absolute Gasteiger partial charge is 0.275 e. The van der Waals surface area contributed by atoms with Gasteiger partial charge >= 0.3 is 0 Å². The highest BCUT2D eigenvalue weighted by molar-refractivity contribution is 5.58. The zero-order valence-electron chi connectivity index (χ0n) is 12.6. The Bertz CT molecular complexity index is 497. The van der Waals surface area contributed by atoms with Gasteiger partial charge in [0.25, 0.3) is 5.69 Å². The summed E-state index contributed by atoms with van der Waals surface area (Å²) in [6, 6.07) is 4.99. The number of hydrogen-bond donors (Lipinski definition) is 1. The van der Waals surface area contributed by atoms with E-state index in [0.717, 1.165) is 31.6 Å². The summed E-state index contributed by atoms with van der Waals surface area (Å²) >= 11 is 0. The van der Waals surface area contributed by atoms with Gasteiger partial charge in [-0.3, -0.25) is 10.1 Å². The third kappa shape index (κ3) is 4.07. The van der Waals surface area contributed by atoms with E-state index in [4.69, 9.17) is 10.5 Å². The summed E-state index contributed by atoms with van der Waals surface area (Å²) in [4.78, 5) is 12.9. The molecule has 0 aromatic heterocycles. The van der Waals surface area contributed by atoms with Crippen LogP contribution in [-0.4, -0.2) is 30.7 Å². The molecule has 0 atom stereocenters. The summed E-state index contributed by atoms with van der Waals surface area (Å²) in [5, 5.41) is 11.1. The van der Waals surface area contributed by atoms with E-state index in [9.17, 15) is 10.1 Å². The average molecular weight is 293 g/mol. The molecule has 2 rings (SSSR count). The number of benzene rings is 1. The second-order valence-corrected chi connectivity index (χ2v) is 5.77. The highest BCUT2D eigenvalue weighted by Gasteiger charge is 2.21. The zero-order chi connectivity index (χ0) is 15.4. The molecule has 0 spiro atoms. The minimum absolute atomic E-state index is 0.0113. The van der Waals surface area contributed by atoms with E-state index in [-0.39, 0.29) is 16.7 Å². The van der Waals surface area contributed by atoms with Crippen molar-refractivity contribution in [3.8, 4) is 5.75 Å². The molecule has 1 saturated heterocycles. The number of nitrogens with zero attached hydrogens (tertiary/aromatic N) is 2. The summed E-state index contributed by atoms with van der Waals surface area (Å²) in [6.45, 7) is 6.29. The van der Waals surface area contributed by atoms with Crippen molar-refractivity contribution in [1.29, 1.82) is 0 Å². The van der Waals surface area contributed by atoms with Crippen molar-refractivity contribution in [1.82, 2.24) is 0 Å². The van der Waals surface area contributed by atoms with Crippen LogP contribution in [0.2, 0.25) is 0 Å². The number of hydrogen-bond acceptors (Lipinski definition) is 5. The quantitative estimate of drug-likeness (QED) is 0.666. The van der Waals surface area contributed by atoms with Gasteiger partial charge in [0.15, 0.2) is 0 Å². The molecule has 0 bridgehead atoms. The molecule has 6 nitrogen and oxygen atoms in total. The van der Waals surface area contributed by atoms with Crippen LogP contribution in [0.1, 0.15) is 26.7 Å². The Morgan fingerprint density at radius 2 is 2.05 bits per heavy atom. The summed E-state index contributed by atoms with van der Waals surface area (Å²) in [5.74, 6) is 1.11. The third-order valence-electron chi connectivity index (χ3n) is 3.77. The second kappa shape index (κ2) is 6.76. The van der Waals surface area contributed by atoms with Crippen molar-refractivity contribution in [2.75, 3.05) is 24.5 Å². The van der Waals surface area contributed by atoms with Crippen LogP contribution in [0.5, 0.6) is 5.75 Å². The van der Waals surface area contributed by atoms with E-state index in [1.54, 1.807) is 6.07 Å².